The van der Waals surface area contributed by atoms with Crippen LogP contribution >= 0.6 is 0 Å². The van der Waals surface area contributed by atoms with Gasteiger partial charge in [-0.3, -0.25) is 0 Å². The molecule has 1 heterocycles. The van der Waals surface area contributed by atoms with Crippen molar-refractivity contribution >= 4 is 5.82 Å². The van der Waals surface area contributed by atoms with Crippen molar-refractivity contribution in [1.82, 2.24) is 9.97 Å². The van der Waals surface area contributed by atoms with Gasteiger partial charge in [-0.15, -0.1) is 0 Å². The summed E-state index contributed by atoms with van der Waals surface area (Å²) in [5.41, 5.74) is 4.69. The highest BCUT2D eigenvalue weighted by molar-refractivity contribution is 5.38. The van der Waals surface area contributed by atoms with Gasteiger partial charge in [0.1, 0.15) is 18.1 Å². The molecule has 1 rings (SSSR count). The quantitative estimate of drug-likeness (QED) is 0.829. The van der Waals surface area contributed by atoms with Crippen molar-refractivity contribution in [2.45, 2.75) is 25.2 Å². The maximum absolute atomic E-state index is 12.0. The first-order valence-corrected chi connectivity index (χ1v) is 4.30. The van der Waals surface area contributed by atoms with E-state index >= 15 is 0 Å². The fraction of sp³-hybridized carbons (Fsp3) is 0.500. The molecule has 0 saturated carbocycles. The number of alkyl halides is 6. The Bertz CT molecular complexity index is 397. The summed E-state index contributed by atoms with van der Waals surface area (Å²) in [7, 11) is 0. The zero-order valence-electron chi connectivity index (χ0n) is 8.23. The predicted molar refractivity (Wildman–Crippen MR) is 46.0 cm³/mol. The number of aromatic nitrogens is 2. The summed E-state index contributed by atoms with van der Waals surface area (Å²) in [6, 6.07) is 0. The van der Waals surface area contributed by atoms with Crippen LogP contribution < -0.4 is 5.73 Å². The van der Waals surface area contributed by atoms with E-state index in [1.165, 1.54) is 0 Å². The Balaban J connectivity index is 2.87. The van der Waals surface area contributed by atoms with Crippen molar-refractivity contribution in [3.05, 3.63) is 17.6 Å². The Morgan fingerprint density at radius 3 is 1.94 bits per heavy atom. The van der Waals surface area contributed by atoms with Crippen molar-refractivity contribution in [2.24, 2.45) is 0 Å². The molecule has 1 aromatic rings. The molecule has 0 spiro atoms. The lowest BCUT2D eigenvalue weighted by Gasteiger charge is -2.10. The first kappa shape index (κ1) is 13.5. The average molecular weight is 259 g/mol. The average Bonchev–Trinajstić information content (AvgIpc) is 2.05. The minimum Gasteiger partial charge on any atom is -0.383 e. The Morgan fingerprint density at radius 1 is 1.00 bits per heavy atom. The van der Waals surface area contributed by atoms with E-state index in [-0.39, 0.29) is 0 Å². The zero-order valence-corrected chi connectivity index (χ0v) is 8.23. The van der Waals surface area contributed by atoms with Gasteiger partial charge in [-0.05, 0) is 0 Å². The van der Waals surface area contributed by atoms with Crippen LogP contribution in [-0.2, 0) is 12.8 Å². The Labute approximate surface area is 91.7 Å². The van der Waals surface area contributed by atoms with Crippen molar-refractivity contribution in [3.8, 4) is 0 Å². The Kier molecular flexibility index (Phi) is 3.48. The SMILES string of the molecule is Nc1nc(CC(F)(F)F)ncc1CC(F)(F)F. The number of anilines is 1. The van der Waals surface area contributed by atoms with Gasteiger partial charge < -0.3 is 5.73 Å². The molecule has 0 fully saturated rings. The van der Waals surface area contributed by atoms with E-state index in [9.17, 15) is 26.3 Å². The van der Waals surface area contributed by atoms with Crippen LogP contribution in [0, 0.1) is 0 Å². The first-order chi connectivity index (χ1) is 7.57. The van der Waals surface area contributed by atoms with Crippen LogP contribution in [-0.4, -0.2) is 22.3 Å². The maximum Gasteiger partial charge on any atom is 0.396 e. The van der Waals surface area contributed by atoms with E-state index in [0.717, 1.165) is 0 Å². The molecule has 2 N–H and O–H groups in total. The number of nitrogens with zero attached hydrogens (tertiary/aromatic N) is 2. The van der Waals surface area contributed by atoms with Gasteiger partial charge in [-0.1, -0.05) is 0 Å². The number of nitrogens with two attached hydrogens (primary N) is 1. The number of hydrogen-bond donors (Lipinski definition) is 1. The maximum atomic E-state index is 12.0. The summed E-state index contributed by atoms with van der Waals surface area (Å²) in [6.45, 7) is 0. The number of halogens is 6. The summed E-state index contributed by atoms with van der Waals surface area (Å²) < 4.78 is 71.8. The lowest BCUT2D eigenvalue weighted by atomic mass is 10.2. The number of hydrogen-bond acceptors (Lipinski definition) is 3. The molecule has 0 saturated heterocycles. The molecule has 17 heavy (non-hydrogen) atoms. The minimum absolute atomic E-state index is 0.441. The third kappa shape index (κ3) is 4.87. The highest BCUT2D eigenvalue weighted by Gasteiger charge is 2.31. The fourth-order valence-corrected chi connectivity index (χ4v) is 1.07. The summed E-state index contributed by atoms with van der Waals surface area (Å²) in [4.78, 5) is 6.39. The summed E-state index contributed by atoms with van der Waals surface area (Å²) >= 11 is 0. The van der Waals surface area contributed by atoms with Crippen molar-refractivity contribution in [1.29, 1.82) is 0 Å². The van der Waals surface area contributed by atoms with Crippen LogP contribution in [0.4, 0.5) is 32.2 Å². The summed E-state index contributed by atoms with van der Waals surface area (Å²) in [5.74, 6) is -1.24. The second-order valence-corrected chi connectivity index (χ2v) is 3.28. The van der Waals surface area contributed by atoms with Crippen LogP contribution in [0.5, 0.6) is 0 Å². The van der Waals surface area contributed by atoms with Crippen molar-refractivity contribution < 1.29 is 26.3 Å². The molecule has 0 radical (unpaired) electrons. The van der Waals surface area contributed by atoms with E-state index in [4.69, 9.17) is 5.73 Å². The third-order valence-electron chi connectivity index (χ3n) is 1.70. The lowest BCUT2D eigenvalue weighted by Crippen LogP contribution is -2.18. The molecule has 0 bridgehead atoms. The normalized spacial score (nSPS) is 12.8. The summed E-state index contributed by atoms with van der Waals surface area (Å²) in [6.07, 6.45) is -11.2. The van der Waals surface area contributed by atoms with Crippen LogP contribution in [0.3, 0.4) is 0 Å². The van der Waals surface area contributed by atoms with Gasteiger partial charge in [0.25, 0.3) is 0 Å². The largest absolute Gasteiger partial charge is 0.396 e. The smallest absolute Gasteiger partial charge is 0.383 e. The highest BCUT2D eigenvalue weighted by atomic mass is 19.4. The highest BCUT2D eigenvalue weighted by Crippen LogP contribution is 2.24. The molecule has 9 heteroatoms. The molecular formula is C8H7F6N3. The van der Waals surface area contributed by atoms with Gasteiger partial charge in [0.2, 0.25) is 0 Å². The molecule has 0 aliphatic heterocycles. The first-order valence-electron chi connectivity index (χ1n) is 4.30. The lowest BCUT2D eigenvalue weighted by molar-refractivity contribution is -0.129. The molecule has 0 aliphatic rings. The molecule has 1 aromatic heterocycles. The van der Waals surface area contributed by atoms with E-state index in [2.05, 4.69) is 9.97 Å². The van der Waals surface area contributed by atoms with Gasteiger partial charge in [0.05, 0.1) is 6.42 Å². The van der Waals surface area contributed by atoms with E-state index in [1.54, 1.807) is 0 Å². The molecule has 0 aromatic carbocycles. The molecule has 0 unspecified atom stereocenters. The van der Waals surface area contributed by atoms with Gasteiger partial charge in [-0.25, -0.2) is 9.97 Å². The van der Waals surface area contributed by atoms with E-state index < -0.39 is 42.4 Å². The predicted octanol–water partition coefficient (Wildman–Crippen LogP) is 2.27. The van der Waals surface area contributed by atoms with Crippen molar-refractivity contribution in [2.75, 3.05) is 5.73 Å². The van der Waals surface area contributed by atoms with E-state index in [1.807, 2.05) is 0 Å². The van der Waals surface area contributed by atoms with Crippen LogP contribution in [0.1, 0.15) is 11.4 Å². The second-order valence-electron chi connectivity index (χ2n) is 3.28. The molecule has 0 aliphatic carbocycles. The summed E-state index contributed by atoms with van der Waals surface area (Å²) in [5, 5.41) is 0. The second kappa shape index (κ2) is 4.38. The van der Waals surface area contributed by atoms with Gasteiger partial charge in [0, 0.05) is 11.8 Å². The Morgan fingerprint density at radius 2 is 1.53 bits per heavy atom. The van der Waals surface area contributed by atoms with Gasteiger partial charge in [0.15, 0.2) is 0 Å². The monoisotopic (exact) mass is 259 g/mol. The zero-order chi connectivity index (χ0) is 13.3. The van der Waals surface area contributed by atoms with Crippen LogP contribution in [0.15, 0.2) is 6.20 Å². The standard InChI is InChI=1S/C8H7F6N3/c9-7(10,11)1-4-3-16-5(17-6(4)15)2-8(12,13)14/h3H,1-2H2,(H2,15,16,17). The fourth-order valence-electron chi connectivity index (χ4n) is 1.07. The molecule has 0 amide bonds. The minimum atomic E-state index is -4.53. The molecule has 0 atom stereocenters. The Hall–Kier alpha value is -1.54. The molecular weight excluding hydrogens is 252 g/mol. The number of nitrogen functional groups attached to an aromatic ring is 1. The molecule has 3 nitrogen and oxygen atoms in total. The number of rotatable bonds is 2. The topological polar surface area (TPSA) is 51.8 Å². The van der Waals surface area contributed by atoms with Crippen LogP contribution in [0.25, 0.3) is 0 Å². The van der Waals surface area contributed by atoms with Crippen molar-refractivity contribution in [3.63, 3.8) is 0 Å². The van der Waals surface area contributed by atoms with E-state index in [0.29, 0.717) is 6.20 Å². The van der Waals surface area contributed by atoms with Gasteiger partial charge in [-0.2, -0.15) is 26.3 Å². The third-order valence-corrected chi connectivity index (χ3v) is 1.70. The van der Waals surface area contributed by atoms with Crippen LogP contribution in [0.2, 0.25) is 0 Å². The molecule has 96 valence electrons. The van der Waals surface area contributed by atoms with Gasteiger partial charge >= 0.3 is 12.4 Å².